The van der Waals surface area contributed by atoms with Gasteiger partial charge in [-0.1, -0.05) is 6.42 Å². The number of rotatable bonds is 7. The minimum absolute atomic E-state index is 0.219. The van der Waals surface area contributed by atoms with Gasteiger partial charge >= 0.3 is 0 Å². The molecule has 0 radical (unpaired) electrons. The predicted octanol–water partition coefficient (Wildman–Crippen LogP) is 3.42. The number of aryl methyl sites for hydroxylation is 1. The molecule has 0 saturated heterocycles. The highest BCUT2D eigenvalue weighted by molar-refractivity contribution is 5.83. The van der Waals surface area contributed by atoms with E-state index in [0.29, 0.717) is 6.04 Å². The SMILES string of the molecule is CCN(CC)c1ccc2[nH]c(C)c(C[NH+](CC)C3CCCCC3)c(=O)c2c1. The van der Waals surface area contributed by atoms with Crippen LogP contribution in [0.25, 0.3) is 10.9 Å². The minimum Gasteiger partial charge on any atom is -0.372 e. The summed E-state index contributed by atoms with van der Waals surface area (Å²) in [6, 6.07) is 6.97. The van der Waals surface area contributed by atoms with Gasteiger partial charge in [-0.3, -0.25) is 4.79 Å². The predicted molar refractivity (Wildman–Crippen MR) is 115 cm³/mol. The summed E-state index contributed by atoms with van der Waals surface area (Å²) in [6.45, 7) is 12.5. The fourth-order valence-electron chi connectivity index (χ4n) is 4.73. The van der Waals surface area contributed by atoms with Crippen molar-refractivity contribution in [3.63, 3.8) is 0 Å². The lowest BCUT2D eigenvalue weighted by molar-refractivity contribution is -0.938. The number of H-pyrrole nitrogens is 1. The molecular weight excluding hydrogens is 334 g/mol. The second-order valence-electron chi connectivity index (χ2n) is 7.98. The number of anilines is 1. The maximum absolute atomic E-state index is 13.4. The molecule has 1 aliphatic carbocycles. The lowest BCUT2D eigenvalue weighted by Gasteiger charge is -2.30. The van der Waals surface area contributed by atoms with Gasteiger partial charge in [0.05, 0.1) is 18.2 Å². The number of fused-ring (bicyclic) bond motifs is 1. The van der Waals surface area contributed by atoms with Gasteiger partial charge in [-0.2, -0.15) is 0 Å². The highest BCUT2D eigenvalue weighted by Gasteiger charge is 2.25. The number of hydrogen-bond donors (Lipinski definition) is 2. The van der Waals surface area contributed by atoms with Crippen LogP contribution >= 0.6 is 0 Å². The monoisotopic (exact) mass is 370 g/mol. The summed E-state index contributed by atoms with van der Waals surface area (Å²) in [4.78, 5) is 20.8. The quantitative estimate of drug-likeness (QED) is 0.784. The third kappa shape index (κ3) is 4.21. The van der Waals surface area contributed by atoms with Gasteiger partial charge in [0.25, 0.3) is 0 Å². The fraction of sp³-hybridized carbons (Fsp3) is 0.609. The Kier molecular flexibility index (Phi) is 6.59. The molecule has 148 valence electrons. The van der Waals surface area contributed by atoms with Crippen molar-refractivity contribution in [2.75, 3.05) is 24.5 Å². The fourth-order valence-corrected chi connectivity index (χ4v) is 4.73. The summed E-state index contributed by atoms with van der Waals surface area (Å²) < 4.78 is 0. The maximum atomic E-state index is 13.4. The molecule has 1 atom stereocenters. The van der Waals surface area contributed by atoms with E-state index in [9.17, 15) is 4.79 Å². The first-order valence-corrected chi connectivity index (χ1v) is 10.8. The highest BCUT2D eigenvalue weighted by Crippen LogP contribution is 2.20. The number of nitrogens with one attached hydrogen (secondary N) is 2. The lowest BCUT2D eigenvalue weighted by Crippen LogP contribution is -3.14. The Labute approximate surface area is 163 Å². The van der Waals surface area contributed by atoms with Crippen molar-refractivity contribution in [1.29, 1.82) is 0 Å². The molecule has 1 aromatic carbocycles. The van der Waals surface area contributed by atoms with E-state index in [0.717, 1.165) is 54.0 Å². The Balaban J connectivity index is 1.97. The molecule has 0 amide bonds. The molecule has 4 heteroatoms. The summed E-state index contributed by atoms with van der Waals surface area (Å²) in [5, 5.41) is 0.832. The van der Waals surface area contributed by atoms with Crippen molar-refractivity contribution in [3.05, 3.63) is 39.7 Å². The van der Waals surface area contributed by atoms with E-state index < -0.39 is 0 Å². The van der Waals surface area contributed by atoms with Crippen LogP contribution < -0.4 is 15.2 Å². The average molecular weight is 371 g/mol. The Hall–Kier alpha value is -1.81. The van der Waals surface area contributed by atoms with E-state index in [-0.39, 0.29) is 5.43 Å². The first-order chi connectivity index (χ1) is 13.1. The van der Waals surface area contributed by atoms with Crippen LogP contribution in [0.5, 0.6) is 0 Å². The third-order valence-corrected chi connectivity index (χ3v) is 6.47. The van der Waals surface area contributed by atoms with Gasteiger partial charge < -0.3 is 14.8 Å². The van der Waals surface area contributed by atoms with E-state index in [4.69, 9.17) is 0 Å². The zero-order valence-electron chi connectivity index (χ0n) is 17.5. The summed E-state index contributed by atoms with van der Waals surface area (Å²) in [5.74, 6) is 0. The molecule has 2 N–H and O–H groups in total. The zero-order valence-corrected chi connectivity index (χ0v) is 17.5. The number of hydrogen-bond acceptors (Lipinski definition) is 2. The molecule has 0 spiro atoms. The second-order valence-corrected chi connectivity index (χ2v) is 7.98. The molecule has 27 heavy (non-hydrogen) atoms. The molecule has 4 nitrogen and oxygen atoms in total. The highest BCUT2D eigenvalue weighted by atomic mass is 16.1. The van der Waals surface area contributed by atoms with Gasteiger partial charge in [-0.05, 0) is 71.6 Å². The normalized spacial score (nSPS) is 16.6. The van der Waals surface area contributed by atoms with Crippen molar-refractivity contribution in [1.82, 2.24) is 4.98 Å². The Morgan fingerprint density at radius 2 is 1.81 bits per heavy atom. The third-order valence-electron chi connectivity index (χ3n) is 6.47. The Morgan fingerprint density at radius 1 is 1.11 bits per heavy atom. The van der Waals surface area contributed by atoms with Gasteiger partial charge in [0.1, 0.15) is 6.54 Å². The van der Waals surface area contributed by atoms with Crippen molar-refractivity contribution >= 4 is 16.6 Å². The van der Waals surface area contributed by atoms with E-state index in [1.54, 1.807) is 4.90 Å². The number of benzene rings is 1. The van der Waals surface area contributed by atoms with Gasteiger partial charge in [0, 0.05) is 35.4 Å². The maximum Gasteiger partial charge on any atom is 0.198 e. The number of nitrogens with zero attached hydrogens (tertiary/aromatic N) is 1. The smallest absolute Gasteiger partial charge is 0.198 e. The van der Waals surface area contributed by atoms with E-state index in [1.165, 1.54) is 32.1 Å². The first-order valence-electron chi connectivity index (χ1n) is 10.8. The molecule has 1 fully saturated rings. The number of aromatic amines is 1. The lowest BCUT2D eigenvalue weighted by atomic mass is 9.93. The molecule has 1 aromatic heterocycles. The van der Waals surface area contributed by atoms with E-state index >= 15 is 0 Å². The summed E-state index contributed by atoms with van der Waals surface area (Å²) in [7, 11) is 0. The molecule has 0 bridgehead atoms. The van der Waals surface area contributed by atoms with Crippen LogP contribution in [-0.4, -0.2) is 30.7 Å². The van der Waals surface area contributed by atoms with Gasteiger partial charge in [0.15, 0.2) is 5.43 Å². The van der Waals surface area contributed by atoms with E-state index in [1.807, 2.05) is 0 Å². The van der Waals surface area contributed by atoms with Crippen LogP contribution in [0.15, 0.2) is 23.0 Å². The molecule has 3 rings (SSSR count). The minimum atomic E-state index is 0.219. The summed E-state index contributed by atoms with van der Waals surface area (Å²) in [5.41, 5.74) is 4.32. The van der Waals surface area contributed by atoms with Crippen LogP contribution in [0, 0.1) is 6.92 Å². The average Bonchev–Trinajstić information content (AvgIpc) is 2.70. The molecule has 0 aliphatic heterocycles. The standard InChI is InChI=1S/C23H35N3O/c1-5-25(6-2)19-13-14-22-20(15-19)23(27)21(17(4)24-22)16-26(7-3)18-11-9-8-10-12-18/h13-15,18H,5-12,16H2,1-4H3,(H,24,27)/p+1. The van der Waals surface area contributed by atoms with Crippen LogP contribution in [0.2, 0.25) is 0 Å². The van der Waals surface area contributed by atoms with Crippen molar-refractivity contribution in [2.24, 2.45) is 0 Å². The molecule has 1 saturated carbocycles. The summed E-state index contributed by atoms with van der Waals surface area (Å²) >= 11 is 0. The van der Waals surface area contributed by atoms with Crippen molar-refractivity contribution < 1.29 is 4.90 Å². The van der Waals surface area contributed by atoms with Crippen LogP contribution in [-0.2, 0) is 6.54 Å². The van der Waals surface area contributed by atoms with Gasteiger partial charge in [-0.25, -0.2) is 0 Å². The largest absolute Gasteiger partial charge is 0.372 e. The Bertz CT molecular complexity index is 816. The van der Waals surface area contributed by atoms with Crippen LogP contribution in [0.3, 0.4) is 0 Å². The van der Waals surface area contributed by atoms with Gasteiger partial charge in [-0.15, -0.1) is 0 Å². The van der Waals surface area contributed by atoms with Gasteiger partial charge in [0.2, 0.25) is 0 Å². The van der Waals surface area contributed by atoms with Crippen molar-refractivity contribution in [3.8, 4) is 0 Å². The number of aromatic nitrogens is 1. The molecular formula is C23H36N3O+. The van der Waals surface area contributed by atoms with Crippen molar-refractivity contribution in [2.45, 2.75) is 72.4 Å². The molecule has 2 aromatic rings. The zero-order chi connectivity index (χ0) is 19.4. The second kappa shape index (κ2) is 8.92. The van der Waals surface area contributed by atoms with Crippen LogP contribution in [0.1, 0.15) is 64.1 Å². The number of pyridine rings is 1. The topological polar surface area (TPSA) is 40.5 Å². The molecule has 1 unspecified atom stereocenters. The molecule has 1 heterocycles. The van der Waals surface area contributed by atoms with Crippen LogP contribution in [0.4, 0.5) is 5.69 Å². The van der Waals surface area contributed by atoms with E-state index in [2.05, 4.69) is 55.8 Å². The summed E-state index contributed by atoms with van der Waals surface area (Å²) in [6.07, 6.45) is 6.67. The number of quaternary nitrogens is 1. The first kappa shape index (κ1) is 19.9. The molecule has 1 aliphatic rings. The Morgan fingerprint density at radius 3 is 2.44 bits per heavy atom.